The monoisotopic (exact) mass is 508 g/mol. The Morgan fingerprint density at radius 2 is 1.90 bits per heavy atom. The number of amides is 1. The van der Waals surface area contributed by atoms with Crippen LogP contribution in [-0.2, 0) is 11.3 Å². The normalized spacial score (nSPS) is 13.6. The van der Waals surface area contributed by atoms with Crippen molar-refractivity contribution in [2.75, 3.05) is 25.5 Å². The van der Waals surface area contributed by atoms with Crippen LogP contribution < -0.4 is 20.7 Å². The Morgan fingerprint density at radius 1 is 1.10 bits per heavy atom. The first-order valence-corrected chi connectivity index (χ1v) is 9.77. The Bertz CT molecular complexity index is 794. The number of carbonyl (C=O) groups excluding carboxylic acids is 1. The fourth-order valence-electron chi connectivity index (χ4n) is 2.94. The lowest BCUT2D eigenvalue weighted by Crippen LogP contribution is -2.38. The second-order valence-electron chi connectivity index (χ2n) is 6.83. The Hall–Kier alpha value is -2.29. The highest BCUT2D eigenvalue weighted by molar-refractivity contribution is 14.0. The van der Waals surface area contributed by atoms with Crippen LogP contribution in [0.3, 0.4) is 0 Å². The number of aliphatic imine (C=N–C) groups is 1. The van der Waals surface area contributed by atoms with E-state index in [0.29, 0.717) is 25.7 Å². The van der Waals surface area contributed by atoms with E-state index in [0.717, 1.165) is 36.3 Å². The molecule has 156 valence electrons. The first-order chi connectivity index (χ1) is 13.7. The fourth-order valence-corrected chi connectivity index (χ4v) is 2.94. The summed E-state index contributed by atoms with van der Waals surface area (Å²) in [7, 11) is 1.74. The van der Waals surface area contributed by atoms with Gasteiger partial charge >= 0.3 is 0 Å². The van der Waals surface area contributed by atoms with Gasteiger partial charge in [0.25, 0.3) is 0 Å². The first-order valence-electron chi connectivity index (χ1n) is 9.77. The molecule has 0 saturated heterocycles. The van der Waals surface area contributed by atoms with Gasteiger partial charge in [0.15, 0.2) is 5.96 Å². The number of hydrogen-bond acceptors (Lipinski definition) is 3. The maximum absolute atomic E-state index is 12.1. The fraction of sp³-hybridized carbons (Fsp3) is 0.364. The summed E-state index contributed by atoms with van der Waals surface area (Å²) in [6, 6.07) is 17.6. The van der Waals surface area contributed by atoms with Gasteiger partial charge < -0.3 is 20.7 Å². The highest BCUT2D eigenvalue weighted by Crippen LogP contribution is 2.27. The second-order valence-corrected chi connectivity index (χ2v) is 6.83. The summed E-state index contributed by atoms with van der Waals surface area (Å²) in [5.74, 6) is 1.88. The third-order valence-electron chi connectivity index (χ3n) is 4.76. The van der Waals surface area contributed by atoms with Crippen molar-refractivity contribution < 1.29 is 9.53 Å². The summed E-state index contributed by atoms with van der Waals surface area (Å²) >= 11 is 0. The average molecular weight is 508 g/mol. The zero-order valence-corrected chi connectivity index (χ0v) is 19.0. The van der Waals surface area contributed by atoms with Crippen LogP contribution in [0.1, 0.15) is 24.8 Å². The van der Waals surface area contributed by atoms with Crippen molar-refractivity contribution in [1.82, 2.24) is 10.6 Å². The molecule has 1 aliphatic rings. The lowest BCUT2D eigenvalue weighted by Gasteiger charge is -2.24. The van der Waals surface area contributed by atoms with Gasteiger partial charge in [0.05, 0.1) is 6.54 Å². The van der Waals surface area contributed by atoms with E-state index in [9.17, 15) is 4.79 Å². The van der Waals surface area contributed by atoms with Crippen molar-refractivity contribution in [2.24, 2.45) is 10.9 Å². The van der Waals surface area contributed by atoms with Crippen LogP contribution in [0.4, 0.5) is 5.69 Å². The van der Waals surface area contributed by atoms with Crippen molar-refractivity contribution in [3.05, 3.63) is 60.2 Å². The van der Waals surface area contributed by atoms with E-state index in [2.05, 4.69) is 20.9 Å². The van der Waals surface area contributed by atoms with Crippen LogP contribution >= 0.6 is 24.0 Å². The van der Waals surface area contributed by atoms with Gasteiger partial charge in [0, 0.05) is 25.2 Å². The molecule has 1 fully saturated rings. The van der Waals surface area contributed by atoms with Crippen molar-refractivity contribution in [3.63, 3.8) is 0 Å². The summed E-state index contributed by atoms with van der Waals surface area (Å²) in [5.41, 5.74) is 1.92. The topological polar surface area (TPSA) is 74.8 Å². The van der Waals surface area contributed by atoms with Gasteiger partial charge in [-0.15, -0.1) is 24.0 Å². The van der Waals surface area contributed by atoms with E-state index in [1.807, 2.05) is 54.6 Å². The zero-order valence-electron chi connectivity index (χ0n) is 16.7. The molecule has 0 bridgehead atoms. The van der Waals surface area contributed by atoms with Crippen LogP contribution in [0.15, 0.2) is 59.6 Å². The Labute approximate surface area is 189 Å². The third-order valence-corrected chi connectivity index (χ3v) is 4.76. The number of rotatable bonds is 8. The van der Waals surface area contributed by atoms with Gasteiger partial charge in [0.1, 0.15) is 12.4 Å². The summed E-state index contributed by atoms with van der Waals surface area (Å²) in [4.78, 5) is 16.3. The van der Waals surface area contributed by atoms with Crippen LogP contribution in [0.5, 0.6) is 5.75 Å². The lowest BCUT2D eigenvalue weighted by molar-refractivity contribution is -0.122. The number of benzene rings is 2. The Kier molecular flexibility index (Phi) is 9.76. The zero-order chi connectivity index (χ0) is 19.6. The van der Waals surface area contributed by atoms with Crippen LogP contribution in [0, 0.1) is 5.92 Å². The van der Waals surface area contributed by atoms with Crippen LogP contribution in [0.2, 0.25) is 0 Å². The largest absolute Gasteiger partial charge is 0.492 e. The van der Waals surface area contributed by atoms with Gasteiger partial charge in [-0.2, -0.15) is 0 Å². The van der Waals surface area contributed by atoms with Crippen molar-refractivity contribution in [1.29, 1.82) is 0 Å². The minimum atomic E-state index is 0. The highest BCUT2D eigenvalue weighted by atomic mass is 127. The van der Waals surface area contributed by atoms with Crippen molar-refractivity contribution in [2.45, 2.75) is 25.8 Å². The standard InChI is InChI=1S/C22H28N4O2.HI/c1-23-22(24-13-14-28-20-11-3-2-4-12-20)25-16-17-7-5-10-19(15-17)26-21(27)18-8-6-9-18;/h2-5,7,10-12,15,18H,6,8-9,13-14,16H2,1H3,(H,26,27)(H2,23,24,25);1H. The predicted molar refractivity (Wildman–Crippen MR) is 128 cm³/mol. The Balaban J connectivity index is 0.00000300. The molecule has 6 nitrogen and oxygen atoms in total. The molecule has 3 rings (SSSR count). The van der Waals surface area contributed by atoms with Gasteiger partial charge in [-0.3, -0.25) is 9.79 Å². The number of halogens is 1. The number of anilines is 1. The molecular formula is C22H29IN4O2. The minimum Gasteiger partial charge on any atom is -0.492 e. The molecule has 1 aliphatic carbocycles. The SMILES string of the molecule is CN=C(NCCOc1ccccc1)NCc1cccc(NC(=O)C2CCC2)c1.I. The number of ether oxygens (including phenoxy) is 1. The minimum absolute atomic E-state index is 0. The van der Waals surface area contributed by atoms with E-state index in [4.69, 9.17) is 4.74 Å². The number of guanidine groups is 1. The molecule has 0 spiro atoms. The van der Waals surface area contributed by atoms with Crippen molar-refractivity contribution in [3.8, 4) is 5.75 Å². The number of nitrogens with one attached hydrogen (secondary N) is 3. The molecule has 1 amide bonds. The molecule has 2 aromatic rings. The maximum Gasteiger partial charge on any atom is 0.227 e. The number of hydrogen-bond donors (Lipinski definition) is 3. The summed E-state index contributed by atoms with van der Waals surface area (Å²) in [5, 5.41) is 9.53. The van der Waals surface area contributed by atoms with Crippen LogP contribution in [0.25, 0.3) is 0 Å². The first kappa shape index (κ1) is 23.0. The third kappa shape index (κ3) is 7.56. The van der Waals surface area contributed by atoms with Crippen molar-refractivity contribution >= 4 is 41.5 Å². The molecule has 0 atom stereocenters. The quantitative estimate of drug-likeness (QED) is 0.220. The molecule has 0 heterocycles. The molecule has 0 aromatic heterocycles. The lowest BCUT2D eigenvalue weighted by atomic mass is 9.85. The molecular weight excluding hydrogens is 479 g/mol. The predicted octanol–water partition coefficient (Wildman–Crippen LogP) is 3.79. The number of carbonyl (C=O) groups is 1. The molecule has 0 radical (unpaired) electrons. The number of para-hydroxylation sites is 1. The van der Waals surface area contributed by atoms with Crippen LogP contribution in [-0.4, -0.2) is 32.1 Å². The molecule has 29 heavy (non-hydrogen) atoms. The number of nitrogens with zero attached hydrogens (tertiary/aromatic N) is 1. The maximum atomic E-state index is 12.1. The average Bonchev–Trinajstić information content (AvgIpc) is 2.67. The van der Waals surface area contributed by atoms with Gasteiger partial charge in [-0.1, -0.05) is 36.8 Å². The molecule has 0 unspecified atom stereocenters. The van der Waals surface area contributed by atoms with E-state index in [1.165, 1.54) is 0 Å². The van der Waals surface area contributed by atoms with E-state index in [-0.39, 0.29) is 35.8 Å². The Morgan fingerprint density at radius 3 is 2.59 bits per heavy atom. The second kappa shape index (κ2) is 12.3. The van der Waals surface area contributed by atoms with E-state index >= 15 is 0 Å². The van der Waals surface area contributed by atoms with E-state index in [1.54, 1.807) is 7.05 Å². The van der Waals surface area contributed by atoms with Gasteiger partial charge in [-0.05, 0) is 42.7 Å². The van der Waals surface area contributed by atoms with E-state index < -0.39 is 0 Å². The smallest absolute Gasteiger partial charge is 0.227 e. The molecule has 7 heteroatoms. The molecule has 2 aromatic carbocycles. The highest BCUT2D eigenvalue weighted by Gasteiger charge is 2.25. The summed E-state index contributed by atoms with van der Waals surface area (Å²) in [6.45, 7) is 1.81. The molecule has 3 N–H and O–H groups in total. The van der Waals surface area contributed by atoms with Gasteiger partial charge in [-0.25, -0.2) is 0 Å². The summed E-state index contributed by atoms with van der Waals surface area (Å²) in [6.07, 6.45) is 3.16. The molecule has 1 saturated carbocycles. The molecule has 0 aliphatic heterocycles. The summed E-state index contributed by atoms with van der Waals surface area (Å²) < 4.78 is 5.66. The van der Waals surface area contributed by atoms with Gasteiger partial charge in [0.2, 0.25) is 5.91 Å².